The molecular formula is C11H21NO3. The van der Waals surface area contributed by atoms with Gasteiger partial charge in [-0.1, -0.05) is 27.7 Å². The van der Waals surface area contributed by atoms with E-state index in [0.717, 1.165) is 0 Å². The average molecular weight is 215 g/mol. The van der Waals surface area contributed by atoms with Crippen molar-refractivity contribution in [2.75, 3.05) is 20.7 Å². The monoisotopic (exact) mass is 215 g/mol. The molecule has 0 aromatic rings. The van der Waals surface area contributed by atoms with Crippen molar-refractivity contribution in [3.05, 3.63) is 0 Å². The highest BCUT2D eigenvalue weighted by Gasteiger charge is 2.27. The molecule has 1 atom stereocenters. The Morgan fingerprint density at radius 2 is 1.80 bits per heavy atom. The molecule has 0 saturated carbocycles. The standard InChI is InChI=1S/C11H21NO3/c1-8(9(13)15-6)7-12(5)10(14)11(2,3)4/h8H,7H2,1-6H3. The molecule has 15 heavy (non-hydrogen) atoms. The lowest BCUT2D eigenvalue weighted by Gasteiger charge is -2.27. The highest BCUT2D eigenvalue weighted by Crippen LogP contribution is 2.17. The molecule has 4 heteroatoms. The van der Waals surface area contributed by atoms with Crippen LogP contribution in [0.15, 0.2) is 0 Å². The zero-order valence-electron chi connectivity index (χ0n) is 10.5. The van der Waals surface area contributed by atoms with Crippen molar-refractivity contribution in [3.8, 4) is 0 Å². The van der Waals surface area contributed by atoms with Crippen molar-refractivity contribution in [1.82, 2.24) is 4.90 Å². The van der Waals surface area contributed by atoms with Crippen LogP contribution in [0.4, 0.5) is 0 Å². The van der Waals surface area contributed by atoms with Gasteiger partial charge in [-0.15, -0.1) is 0 Å². The summed E-state index contributed by atoms with van der Waals surface area (Å²) in [7, 11) is 3.05. The van der Waals surface area contributed by atoms with Gasteiger partial charge in [-0.05, 0) is 0 Å². The van der Waals surface area contributed by atoms with E-state index in [2.05, 4.69) is 4.74 Å². The van der Waals surface area contributed by atoms with Gasteiger partial charge in [-0.3, -0.25) is 9.59 Å². The largest absolute Gasteiger partial charge is 0.469 e. The molecule has 0 aromatic carbocycles. The Morgan fingerprint density at radius 3 is 2.13 bits per heavy atom. The van der Waals surface area contributed by atoms with Gasteiger partial charge in [0, 0.05) is 19.0 Å². The first-order chi connectivity index (χ1) is 6.70. The number of carbonyl (C=O) groups is 2. The molecule has 0 bridgehead atoms. The predicted molar refractivity (Wildman–Crippen MR) is 58.3 cm³/mol. The van der Waals surface area contributed by atoms with Crippen LogP contribution in [0.25, 0.3) is 0 Å². The molecule has 0 spiro atoms. The molecule has 1 amide bonds. The van der Waals surface area contributed by atoms with Crippen LogP contribution in [-0.4, -0.2) is 37.5 Å². The quantitative estimate of drug-likeness (QED) is 0.667. The minimum absolute atomic E-state index is 0.0262. The summed E-state index contributed by atoms with van der Waals surface area (Å²) in [5.74, 6) is -0.548. The summed E-state index contributed by atoms with van der Waals surface area (Å²) in [6, 6.07) is 0. The fourth-order valence-corrected chi connectivity index (χ4v) is 1.34. The minimum atomic E-state index is -0.412. The normalized spacial score (nSPS) is 13.2. The van der Waals surface area contributed by atoms with Gasteiger partial charge in [0.15, 0.2) is 0 Å². The lowest BCUT2D eigenvalue weighted by atomic mass is 9.94. The summed E-state index contributed by atoms with van der Waals surface area (Å²) < 4.78 is 4.60. The van der Waals surface area contributed by atoms with Crippen LogP contribution in [0.1, 0.15) is 27.7 Å². The molecule has 0 radical (unpaired) electrons. The number of hydrogen-bond donors (Lipinski definition) is 0. The third kappa shape index (κ3) is 4.32. The van der Waals surface area contributed by atoms with Gasteiger partial charge in [-0.25, -0.2) is 0 Å². The second-order valence-corrected chi connectivity index (χ2v) is 4.86. The first kappa shape index (κ1) is 13.9. The Hall–Kier alpha value is -1.06. The Morgan fingerprint density at radius 1 is 1.33 bits per heavy atom. The summed E-state index contributed by atoms with van der Waals surface area (Å²) in [4.78, 5) is 24.5. The van der Waals surface area contributed by atoms with E-state index in [1.165, 1.54) is 7.11 Å². The van der Waals surface area contributed by atoms with Gasteiger partial charge < -0.3 is 9.64 Å². The molecule has 0 aliphatic rings. The third-order valence-electron chi connectivity index (χ3n) is 2.14. The van der Waals surface area contributed by atoms with Crippen LogP contribution in [0.2, 0.25) is 0 Å². The maximum absolute atomic E-state index is 11.8. The van der Waals surface area contributed by atoms with Crippen LogP contribution in [-0.2, 0) is 14.3 Å². The topological polar surface area (TPSA) is 46.6 Å². The number of hydrogen-bond acceptors (Lipinski definition) is 3. The SMILES string of the molecule is COC(=O)C(C)CN(C)C(=O)C(C)(C)C. The van der Waals surface area contributed by atoms with Crippen molar-refractivity contribution < 1.29 is 14.3 Å². The molecule has 0 fully saturated rings. The van der Waals surface area contributed by atoms with E-state index >= 15 is 0 Å². The highest BCUT2D eigenvalue weighted by atomic mass is 16.5. The Kier molecular flexibility index (Phi) is 4.78. The van der Waals surface area contributed by atoms with Crippen molar-refractivity contribution in [2.24, 2.45) is 11.3 Å². The van der Waals surface area contributed by atoms with Crippen molar-refractivity contribution in [3.63, 3.8) is 0 Å². The van der Waals surface area contributed by atoms with E-state index in [4.69, 9.17) is 0 Å². The van der Waals surface area contributed by atoms with Crippen LogP contribution in [0, 0.1) is 11.3 Å². The summed E-state index contributed by atoms with van der Waals surface area (Å²) in [6.07, 6.45) is 0. The summed E-state index contributed by atoms with van der Waals surface area (Å²) in [5.41, 5.74) is -0.412. The van der Waals surface area contributed by atoms with Crippen LogP contribution >= 0.6 is 0 Å². The first-order valence-corrected chi connectivity index (χ1v) is 5.03. The molecule has 0 aliphatic heterocycles. The lowest BCUT2D eigenvalue weighted by molar-refractivity contribution is -0.147. The molecule has 0 heterocycles. The minimum Gasteiger partial charge on any atom is -0.469 e. The number of ether oxygens (including phenoxy) is 1. The zero-order valence-corrected chi connectivity index (χ0v) is 10.5. The predicted octanol–water partition coefficient (Wildman–Crippen LogP) is 1.30. The molecule has 0 saturated heterocycles. The summed E-state index contributed by atoms with van der Waals surface area (Å²) in [5, 5.41) is 0. The zero-order chi connectivity index (χ0) is 12.2. The smallest absolute Gasteiger partial charge is 0.310 e. The molecule has 0 rings (SSSR count). The molecule has 1 unspecified atom stereocenters. The molecule has 0 aliphatic carbocycles. The van der Waals surface area contributed by atoms with Crippen LogP contribution in [0.3, 0.4) is 0 Å². The number of nitrogens with zero attached hydrogens (tertiary/aromatic N) is 1. The fraction of sp³-hybridized carbons (Fsp3) is 0.818. The fourth-order valence-electron chi connectivity index (χ4n) is 1.34. The van der Waals surface area contributed by atoms with Gasteiger partial charge in [-0.2, -0.15) is 0 Å². The molecule has 4 nitrogen and oxygen atoms in total. The van der Waals surface area contributed by atoms with Crippen molar-refractivity contribution in [2.45, 2.75) is 27.7 Å². The Labute approximate surface area is 91.6 Å². The average Bonchev–Trinajstić information content (AvgIpc) is 2.13. The van der Waals surface area contributed by atoms with E-state index < -0.39 is 5.41 Å². The number of rotatable bonds is 3. The second-order valence-electron chi connectivity index (χ2n) is 4.86. The lowest BCUT2D eigenvalue weighted by Crippen LogP contribution is -2.40. The Bertz CT molecular complexity index is 243. The number of esters is 1. The maximum atomic E-state index is 11.8. The number of methoxy groups -OCH3 is 1. The highest BCUT2D eigenvalue weighted by molar-refractivity contribution is 5.82. The van der Waals surface area contributed by atoms with Gasteiger partial charge in [0.1, 0.15) is 0 Å². The maximum Gasteiger partial charge on any atom is 0.310 e. The van der Waals surface area contributed by atoms with Gasteiger partial charge >= 0.3 is 5.97 Å². The third-order valence-corrected chi connectivity index (χ3v) is 2.14. The summed E-state index contributed by atoms with van der Waals surface area (Å²) >= 11 is 0. The van der Waals surface area contributed by atoms with Gasteiger partial charge in [0.25, 0.3) is 0 Å². The summed E-state index contributed by atoms with van der Waals surface area (Å²) in [6.45, 7) is 7.71. The number of carbonyl (C=O) groups excluding carboxylic acids is 2. The van der Waals surface area contributed by atoms with E-state index in [-0.39, 0.29) is 17.8 Å². The molecule has 0 aromatic heterocycles. The number of amides is 1. The van der Waals surface area contributed by atoms with Crippen molar-refractivity contribution >= 4 is 11.9 Å². The molecule has 88 valence electrons. The first-order valence-electron chi connectivity index (χ1n) is 5.03. The van der Waals surface area contributed by atoms with Gasteiger partial charge in [0.05, 0.1) is 13.0 Å². The van der Waals surface area contributed by atoms with E-state index in [1.54, 1.807) is 18.9 Å². The Balaban J connectivity index is 4.32. The molecule has 0 N–H and O–H groups in total. The molecular weight excluding hydrogens is 194 g/mol. The van der Waals surface area contributed by atoms with E-state index in [9.17, 15) is 9.59 Å². The van der Waals surface area contributed by atoms with E-state index in [0.29, 0.717) is 6.54 Å². The van der Waals surface area contributed by atoms with Crippen LogP contribution < -0.4 is 0 Å². The second kappa shape index (κ2) is 5.14. The van der Waals surface area contributed by atoms with Gasteiger partial charge in [0.2, 0.25) is 5.91 Å². The van der Waals surface area contributed by atoms with E-state index in [1.807, 2.05) is 20.8 Å². The van der Waals surface area contributed by atoms with Crippen LogP contribution in [0.5, 0.6) is 0 Å². The van der Waals surface area contributed by atoms with Crippen molar-refractivity contribution in [1.29, 1.82) is 0 Å².